The number of hydrogen-bond donors (Lipinski definition) is 3. The number of halogens is 2. The number of hydrogen-bond acceptors (Lipinski definition) is 4. The number of carbonyl (C=O) groups is 1. The summed E-state index contributed by atoms with van der Waals surface area (Å²) in [6, 6.07) is 5.96. The Morgan fingerprint density at radius 1 is 1.17 bits per heavy atom. The van der Waals surface area contributed by atoms with Crippen molar-refractivity contribution in [2.45, 2.75) is 6.42 Å². The average Bonchev–Trinajstić information content (AvgIpc) is 2.89. The fraction of sp³-hybridized carbons (Fsp3) is 0.0667. The number of nitrogens with one attached hydrogen (secondary N) is 2. The Morgan fingerprint density at radius 2 is 1.92 bits per heavy atom. The Kier molecular flexibility index (Phi) is 4.37. The van der Waals surface area contributed by atoms with E-state index >= 15 is 0 Å². The van der Waals surface area contributed by atoms with Crippen molar-refractivity contribution in [1.82, 2.24) is 9.97 Å². The van der Waals surface area contributed by atoms with Gasteiger partial charge in [0.15, 0.2) is 5.69 Å². The number of azo groups is 1. The number of carbonyl (C=O) groups excluding carboxylic acids is 1. The summed E-state index contributed by atoms with van der Waals surface area (Å²) in [5.41, 5.74) is 0.766. The number of aromatic amines is 2. The molecule has 2 heterocycles. The molecule has 3 N–H and O–H groups in total. The fourth-order valence-electron chi connectivity index (χ4n) is 2.17. The van der Waals surface area contributed by atoms with Crippen LogP contribution in [0.5, 0.6) is 5.88 Å². The van der Waals surface area contributed by atoms with Crippen LogP contribution in [0, 0.1) is 0 Å². The van der Waals surface area contributed by atoms with Crippen molar-refractivity contribution in [2.75, 3.05) is 0 Å². The van der Waals surface area contributed by atoms with Crippen molar-refractivity contribution in [3.63, 3.8) is 0 Å². The molecule has 0 aliphatic carbocycles. The highest BCUT2D eigenvalue weighted by Gasteiger charge is 2.16. The third-order valence-corrected chi connectivity index (χ3v) is 3.90. The summed E-state index contributed by atoms with van der Waals surface area (Å²) in [5, 5.41) is 18.3. The molecule has 0 saturated carbocycles. The first-order valence-corrected chi connectivity index (χ1v) is 7.52. The van der Waals surface area contributed by atoms with E-state index in [-0.39, 0.29) is 23.5 Å². The summed E-state index contributed by atoms with van der Waals surface area (Å²) in [6.45, 7) is 0. The van der Waals surface area contributed by atoms with Crippen molar-refractivity contribution < 1.29 is 9.90 Å². The predicted octanol–water partition coefficient (Wildman–Crippen LogP) is 3.72. The van der Waals surface area contributed by atoms with Crippen LogP contribution in [0.1, 0.15) is 5.56 Å². The van der Waals surface area contributed by atoms with Crippen molar-refractivity contribution in [1.29, 1.82) is 0 Å². The summed E-state index contributed by atoms with van der Waals surface area (Å²) in [6.07, 6.45) is 1.38. The van der Waals surface area contributed by atoms with E-state index < -0.39 is 5.91 Å². The molecule has 9 heteroatoms. The average molecular weight is 365 g/mol. The lowest BCUT2D eigenvalue weighted by atomic mass is 10.2. The van der Waals surface area contributed by atoms with E-state index in [2.05, 4.69) is 20.2 Å². The van der Waals surface area contributed by atoms with Gasteiger partial charge in [-0.1, -0.05) is 29.3 Å². The fourth-order valence-corrected chi connectivity index (χ4v) is 2.62. The number of nitrogens with zero attached hydrogens (tertiary/aromatic N) is 2. The Bertz CT molecular complexity index is 1000. The van der Waals surface area contributed by atoms with Crippen LogP contribution in [0.2, 0.25) is 10.0 Å². The summed E-state index contributed by atoms with van der Waals surface area (Å²) < 4.78 is 0. The van der Waals surface area contributed by atoms with Crippen molar-refractivity contribution in [2.24, 2.45) is 10.2 Å². The molecule has 122 valence electrons. The molecule has 0 unspecified atom stereocenters. The minimum atomic E-state index is -0.547. The van der Waals surface area contributed by atoms with Gasteiger partial charge in [-0.05, 0) is 17.7 Å². The van der Waals surface area contributed by atoms with E-state index in [0.717, 1.165) is 0 Å². The van der Waals surface area contributed by atoms with E-state index in [0.29, 0.717) is 26.5 Å². The largest absolute Gasteiger partial charge is 0.493 e. The van der Waals surface area contributed by atoms with E-state index in [9.17, 15) is 14.7 Å². The standard InChI is InChI=1S/C15H10Cl2N4O3/c16-8-2-3-9(17)13-12(8)14(15(24)19-13)21-20-11(23)5-7-1-4-10(22)18-6-7/h1-4,6,19,24H,5H2,(H,18,22). The topological polar surface area (TPSA) is 111 Å². The number of aromatic nitrogens is 2. The van der Waals surface area contributed by atoms with E-state index in [4.69, 9.17) is 23.2 Å². The van der Waals surface area contributed by atoms with Gasteiger partial charge in [0, 0.05) is 12.3 Å². The van der Waals surface area contributed by atoms with Crippen molar-refractivity contribution >= 4 is 45.7 Å². The van der Waals surface area contributed by atoms with Crippen LogP contribution >= 0.6 is 23.2 Å². The van der Waals surface area contributed by atoms with Crippen LogP contribution in [0.25, 0.3) is 10.9 Å². The summed E-state index contributed by atoms with van der Waals surface area (Å²) in [7, 11) is 0. The first kappa shape index (κ1) is 16.2. The molecule has 0 fully saturated rings. The minimum absolute atomic E-state index is 0.0346. The van der Waals surface area contributed by atoms with Crippen LogP contribution in [-0.4, -0.2) is 21.0 Å². The molecule has 1 amide bonds. The normalized spacial score (nSPS) is 11.4. The van der Waals surface area contributed by atoms with Gasteiger partial charge >= 0.3 is 0 Å². The molecular weight excluding hydrogens is 355 g/mol. The van der Waals surface area contributed by atoms with E-state index in [1.54, 1.807) is 12.1 Å². The highest BCUT2D eigenvalue weighted by molar-refractivity contribution is 6.41. The van der Waals surface area contributed by atoms with Crippen molar-refractivity contribution in [3.05, 3.63) is 56.4 Å². The number of H-pyrrole nitrogens is 2. The van der Waals surface area contributed by atoms with Crippen LogP contribution in [0.15, 0.2) is 45.5 Å². The number of aromatic hydroxyl groups is 1. The van der Waals surface area contributed by atoms with Gasteiger partial charge in [-0.2, -0.15) is 0 Å². The molecule has 1 aromatic carbocycles. The second-order valence-corrected chi connectivity index (χ2v) is 5.75. The molecule has 24 heavy (non-hydrogen) atoms. The van der Waals surface area contributed by atoms with Crippen molar-refractivity contribution in [3.8, 4) is 5.88 Å². The quantitative estimate of drug-likeness (QED) is 0.615. The lowest BCUT2D eigenvalue weighted by molar-refractivity contribution is -0.117. The summed E-state index contributed by atoms with van der Waals surface area (Å²) in [5.74, 6) is -0.838. The molecule has 0 atom stereocenters. The van der Waals surface area contributed by atoms with Gasteiger partial charge in [-0.3, -0.25) is 9.59 Å². The van der Waals surface area contributed by atoms with Gasteiger partial charge in [-0.15, -0.1) is 10.2 Å². The van der Waals surface area contributed by atoms with E-state index in [1.165, 1.54) is 18.3 Å². The molecule has 0 saturated heterocycles. The highest BCUT2D eigenvalue weighted by Crippen LogP contribution is 2.42. The molecule has 0 bridgehead atoms. The van der Waals surface area contributed by atoms with Gasteiger partial charge < -0.3 is 15.1 Å². The first-order valence-electron chi connectivity index (χ1n) is 6.76. The van der Waals surface area contributed by atoms with Gasteiger partial charge in [0.05, 0.1) is 27.4 Å². The van der Waals surface area contributed by atoms with Crippen LogP contribution in [-0.2, 0) is 11.2 Å². The summed E-state index contributed by atoms with van der Waals surface area (Å²) >= 11 is 12.1. The lowest BCUT2D eigenvalue weighted by Crippen LogP contribution is -2.05. The third kappa shape index (κ3) is 3.17. The zero-order valence-electron chi connectivity index (χ0n) is 12.0. The maximum absolute atomic E-state index is 11.9. The lowest BCUT2D eigenvalue weighted by Gasteiger charge is -1.97. The van der Waals surface area contributed by atoms with Crippen LogP contribution in [0.4, 0.5) is 5.69 Å². The minimum Gasteiger partial charge on any atom is -0.493 e. The SMILES string of the molecule is O=C(Cc1ccc(=O)[nH]c1)N=Nc1c(O)[nH]c2c(Cl)ccc(Cl)c12. The molecular formula is C15H10Cl2N4O3. The van der Waals surface area contributed by atoms with Crippen LogP contribution < -0.4 is 5.56 Å². The van der Waals surface area contributed by atoms with E-state index in [1.807, 2.05) is 0 Å². The Balaban J connectivity index is 1.89. The highest BCUT2D eigenvalue weighted by atomic mass is 35.5. The van der Waals surface area contributed by atoms with Crippen LogP contribution in [0.3, 0.4) is 0 Å². The first-order chi connectivity index (χ1) is 11.5. The summed E-state index contributed by atoms with van der Waals surface area (Å²) in [4.78, 5) is 28.0. The molecule has 0 spiro atoms. The second kappa shape index (κ2) is 6.46. The number of rotatable bonds is 3. The number of fused-ring (bicyclic) bond motifs is 1. The third-order valence-electron chi connectivity index (χ3n) is 3.27. The molecule has 7 nitrogen and oxygen atoms in total. The second-order valence-electron chi connectivity index (χ2n) is 4.93. The monoisotopic (exact) mass is 364 g/mol. The Labute approximate surface area is 144 Å². The number of amides is 1. The molecule has 0 radical (unpaired) electrons. The van der Waals surface area contributed by atoms with Gasteiger partial charge in [-0.25, -0.2) is 0 Å². The molecule has 3 rings (SSSR count). The number of pyridine rings is 1. The van der Waals surface area contributed by atoms with Gasteiger partial charge in [0.2, 0.25) is 11.4 Å². The Morgan fingerprint density at radius 3 is 2.62 bits per heavy atom. The van der Waals surface area contributed by atoms with Gasteiger partial charge in [0.1, 0.15) is 0 Å². The Hall–Kier alpha value is -2.64. The smallest absolute Gasteiger partial charge is 0.269 e. The molecule has 2 aromatic heterocycles. The molecule has 3 aromatic rings. The molecule has 0 aliphatic heterocycles. The number of benzene rings is 1. The van der Waals surface area contributed by atoms with Gasteiger partial charge in [0.25, 0.3) is 5.91 Å². The molecule has 0 aliphatic rings. The zero-order valence-corrected chi connectivity index (χ0v) is 13.5. The maximum atomic E-state index is 11.9. The predicted molar refractivity (Wildman–Crippen MR) is 90.3 cm³/mol. The maximum Gasteiger partial charge on any atom is 0.269 e. The zero-order chi connectivity index (χ0) is 17.3.